The summed E-state index contributed by atoms with van der Waals surface area (Å²) >= 11 is 0. The quantitative estimate of drug-likeness (QED) is 0.831. The van der Waals surface area contributed by atoms with Crippen LogP contribution in [0.5, 0.6) is 11.5 Å². The number of benzene rings is 2. The molecule has 4 nitrogen and oxygen atoms in total. The number of allylic oxidation sites excluding steroid dienone is 1. The van der Waals surface area contributed by atoms with E-state index in [1.165, 1.54) is 0 Å². The van der Waals surface area contributed by atoms with Crippen molar-refractivity contribution in [1.82, 2.24) is 0 Å². The summed E-state index contributed by atoms with van der Waals surface area (Å²) in [5.41, 5.74) is 4.71. The molecular formula is C20H23NO3. The van der Waals surface area contributed by atoms with E-state index >= 15 is 0 Å². The molecule has 0 aromatic heterocycles. The molecule has 0 bridgehead atoms. The Morgan fingerprint density at radius 2 is 1.83 bits per heavy atom. The number of hydrogen-bond acceptors (Lipinski definition) is 3. The van der Waals surface area contributed by atoms with Gasteiger partial charge in [-0.2, -0.15) is 0 Å². The van der Waals surface area contributed by atoms with Gasteiger partial charge in [0.05, 0.1) is 14.2 Å². The molecular weight excluding hydrogens is 302 g/mol. The van der Waals surface area contributed by atoms with Gasteiger partial charge in [0.25, 0.3) is 0 Å². The lowest BCUT2D eigenvalue weighted by atomic mass is 10.0. The van der Waals surface area contributed by atoms with Crippen LogP contribution in [0, 0.1) is 13.8 Å². The van der Waals surface area contributed by atoms with Gasteiger partial charge in [0.2, 0.25) is 5.91 Å². The van der Waals surface area contributed by atoms with Crippen LogP contribution < -0.4 is 14.8 Å². The van der Waals surface area contributed by atoms with Crippen LogP contribution in [-0.4, -0.2) is 20.1 Å². The minimum atomic E-state index is -0.168. The van der Waals surface area contributed by atoms with E-state index in [1.54, 1.807) is 26.4 Å². The molecule has 2 rings (SSSR count). The molecule has 0 heterocycles. The van der Waals surface area contributed by atoms with Gasteiger partial charge in [-0.1, -0.05) is 12.1 Å². The first-order valence-corrected chi connectivity index (χ1v) is 7.74. The lowest BCUT2D eigenvalue weighted by molar-refractivity contribution is -0.111. The highest BCUT2D eigenvalue weighted by Gasteiger charge is 2.09. The van der Waals surface area contributed by atoms with Gasteiger partial charge in [0, 0.05) is 23.4 Å². The maximum absolute atomic E-state index is 12.3. The average molecular weight is 325 g/mol. The Balaban J connectivity index is 2.24. The van der Waals surface area contributed by atoms with Crippen LogP contribution >= 0.6 is 0 Å². The lowest BCUT2D eigenvalue weighted by Crippen LogP contribution is -2.10. The second-order valence-corrected chi connectivity index (χ2v) is 5.63. The number of ether oxygens (including phenoxy) is 2. The molecule has 0 spiro atoms. The first kappa shape index (κ1) is 17.6. The molecule has 0 saturated carbocycles. The van der Waals surface area contributed by atoms with Crippen molar-refractivity contribution in [3.8, 4) is 11.5 Å². The third kappa shape index (κ3) is 3.96. The topological polar surface area (TPSA) is 47.6 Å². The summed E-state index contributed by atoms with van der Waals surface area (Å²) in [5.74, 6) is 1.21. The third-order valence-electron chi connectivity index (χ3n) is 4.04. The summed E-state index contributed by atoms with van der Waals surface area (Å²) in [4.78, 5) is 12.3. The predicted molar refractivity (Wildman–Crippen MR) is 97.7 cm³/mol. The summed E-state index contributed by atoms with van der Waals surface area (Å²) in [6.07, 6.45) is 1.58. The summed E-state index contributed by atoms with van der Waals surface area (Å²) in [7, 11) is 3.20. The number of carbonyl (C=O) groups excluding carboxylic acids is 1. The number of hydrogen-bond donors (Lipinski definition) is 1. The van der Waals surface area contributed by atoms with E-state index in [-0.39, 0.29) is 5.91 Å². The van der Waals surface area contributed by atoms with Crippen molar-refractivity contribution < 1.29 is 14.3 Å². The van der Waals surface area contributed by atoms with E-state index in [9.17, 15) is 4.79 Å². The molecule has 0 atom stereocenters. The Labute approximate surface area is 143 Å². The molecule has 0 aliphatic heterocycles. The number of anilines is 1. The zero-order chi connectivity index (χ0) is 17.7. The van der Waals surface area contributed by atoms with Gasteiger partial charge in [-0.05, 0) is 55.7 Å². The Hall–Kier alpha value is -2.75. The Kier molecular flexibility index (Phi) is 5.64. The number of aryl methyl sites for hydroxylation is 1. The number of carbonyl (C=O) groups is 1. The van der Waals surface area contributed by atoms with Gasteiger partial charge in [-0.3, -0.25) is 4.79 Å². The molecule has 0 unspecified atom stereocenters. The monoisotopic (exact) mass is 325 g/mol. The normalized spacial score (nSPS) is 11.1. The number of rotatable bonds is 5. The molecule has 2 aromatic rings. The maximum Gasteiger partial charge on any atom is 0.248 e. The fourth-order valence-corrected chi connectivity index (χ4v) is 2.45. The lowest BCUT2D eigenvalue weighted by Gasteiger charge is -2.12. The molecule has 1 N–H and O–H groups in total. The van der Waals surface area contributed by atoms with Crippen LogP contribution in [0.3, 0.4) is 0 Å². The summed E-state index contributed by atoms with van der Waals surface area (Å²) < 4.78 is 10.6. The third-order valence-corrected chi connectivity index (χ3v) is 4.04. The van der Waals surface area contributed by atoms with E-state index in [4.69, 9.17) is 9.47 Å². The summed E-state index contributed by atoms with van der Waals surface area (Å²) in [6.45, 7) is 5.90. The Bertz CT molecular complexity index is 778. The number of nitrogens with one attached hydrogen (secondary N) is 1. The van der Waals surface area contributed by atoms with Gasteiger partial charge in [-0.15, -0.1) is 0 Å². The fraction of sp³-hybridized carbons (Fsp3) is 0.250. The molecule has 0 radical (unpaired) electrons. The second-order valence-electron chi connectivity index (χ2n) is 5.63. The minimum absolute atomic E-state index is 0.168. The van der Waals surface area contributed by atoms with E-state index in [1.807, 2.05) is 51.1 Å². The molecule has 0 saturated heterocycles. The first-order chi connectivity index (χ1) is 11.5. The van der Waals surface area contributed by atoms with Crippen LogP contribution in [0.1, 0.15) is 23.6 Å². The van der Waals surface area contributed by atoms with Gasteiger partial charge >= 0.3 is 0 Å². The zero-order valence-electron chi connectivity index (χ0n) is 14.8. The SMILES string of the molecule is COc1ccc(/C(C)=C/C(=O)Nc2cccc(C)c2C)c(OC)c1. The molecule has 0 aliphatic carbocycles. The second kappa shape index (κ2) is 7.68. The van der Waals surface area contributed by atoms with Crippen molar-refractivity contribution in [2.24, 2.45) is 0 Å². The smallest absolute Gasteiger partial charge is 0.248 e. The highest BCUT2D eigenvalue weighted by molar-refractivity contribution is 6.04. The van der Waals surface area contributed by atoms with Crippen molar-refractivity contribution in [1.29, 1.82) is 0 Å². The van der Waals surface area contributed by atoms with Gasteiger partial charge in [0.1, 0.15) is 11.5 Å². The number of methoxy groups -OCH3 is 2. The van der Waals surface area contributed by atoms with E-state index in [0.717, 1.165) is 28.0 Å². The highest BCUT2D eigenvalue weighted by atomic mass is 16.5. The number of amides is 1. The van der Waals surface area contributed by atoms with Gasteiger partial charge in [0.15, 0.2) is 0 Å². The van der Waals surface area contributed by atoms with Crippen LogP contribution in [-0.2, 0) is 4.79 Å². The van der Waals surface area contributed by atoms with Crippen LogP contribution in [0.2, 0.25) is 0 Å². The zero-order valence-corrected chi connectivity index (χ0v) is 14.8. The van der Waals surface area contributed by atoms with Crippen molar-refractivity contribution in [3.05, 3.63) is 59.2 Å². The average Bonchev–Trinajstić information content (AvgIpc) is 2.58. The van der Waals surface area contributed by atoms with Gasteiger partial charge < -0.3 is 14.8 Å². The predicted octanol–water partition coefficient (Wildman–Crippen LogP) is 4.36. The van der Waals surface area contributed by atoms with Gasteiger partial charge in [-0.25, -0.2) is 0 Å². The highest BCUT2D eigenvalue weighted by Crippen LogP contribution is 2.30. The molecule has 24 heavy (non-hydrogen) atoms. The van der Waals surface area contributed by atoms with Crippen molar-refractivity contribution in [3.63, 3.8) is 0 Å². The standard InChI is InChI=1S/C20H23NO3/c1-13-7-6-8-18(15(13)3)21-20(22)11-14(2)17-10-9-16(23-4)12-19(17)24-5/h6-12H,1-5H3,(H,21,22)/b14-11+. The summed E-state index contributed by atoms with van der Waals surface area (Å²) in [5, 5.41) is 2.93. The molecule has 126 valence electrons. The molecule has 4 heteroatoms. The van der Waals surface area contributed by atoms with Crippen LogP contribution in [0.25, 0.3) is 5.57 Å². The van der Waals surface area contributed by atoms with Crippen molar-refractivity contribution >= 4 is 17.2 Å². The summed E-state index contributed by atoms with van der Waals surface area (Å²) in [6, 6.07) is 11.4. The minimum Gasteiger partial charge on any atom is -0.497 e. The fourth-order valence-electron chi connectivity index (χ4n) is 2.45. The van der Waals surface area contributed by atoms with E-state index in [2.05, 4.69) is 5.32 Å². The van der Waals surface area contributed by atoms with Crippen molar-refractivity contribution in [2.75, 3.05) is 19.5 Å². The molecule has 0 fully saturated rings. The molecule has 1 amide bonds. The largest absolute Gasteiger partial charge is 0.497 e. The van der Waals surface area contributed by atoms with E-state index < -0.39 is 0 Å². The van der Waals surface area contributed by atoms with Crippen molar-refractivity contribution in [2.45, 2.75) is 20.8 Å². The maximum atomic E-state index is 12.3. The van der Waals surface area contributed by atoms with Crippen LogP contribution in [0.4, 0.5) is 5.69 Å². The molecule has 2 aromatic carbocycles. The Morgan fingerprint density at radius 1 is 1.08 bits per heavy atom. The Morgan fingerprint density at radius 3 is 2.50 bits per heavy atom. The molecule has 0 aliphatic rings. The van der Waals surface area contributed by atoms with E-state index in [0.29, 0.717) is 11.5 Å². The van der Waals surface area contributed by atoms with Crippen LogP contribution in [0.15, 0.2) is 42.5 Å². The first-order valence-electron chi connectivity index (χ1n) is 7.74.